The van der Waals surface area contributed by atoms with Crippen LogP contribution < -0.4 is 10.6 Å². The third kappa shape index (κ3) is 103. The Kier molecular flexibility index (Phi) is 106. The monoisotopic (exact) mass is 1820 g/mol. The maximum atomic E-state index is 10.5. The molecule has 0 radical (unpaired) electrons. The minimum absolute atomic E-state index is 0.120. The van der Waals surface area contributed by atoms with Crippen LogP contribution in [-0.4, -0.2) is 102 Å². The van der Waals surface area contributed by atoms with Crippen molar-refractivity contribution in [1.82, 2.24) is 15.7 Å². The van der Waals surface area contributed by atoms with Crippen molar-refractivity contribution in [3.8, 4) is 0 Å². The SMILES string of the molecule is CC(=O)C(C)C.CC(C)C(=O)N(C)O.CC(C)C(C)C.CC(C)C1CC1.CC(C)[C@@H](C)O.CC(C)[C@@H]1CCCN1.CC(C)[C@@H]1CCCO1.CC(C)[C@H](C)O.CC(C)[C@H]1CCCN1.CC(C)[C@H]1CCCO1.CC(C)c1cccs1.CCC(C(C)C)C(C)C.CCC(C(C)C)C(C)C.CCCCC(C)C.CC[C@@H](C)C(C)C.CC[C@H](C)C(C)C.Cc1cccc(C(C)C)c1. The maximum Gasteiger partial charge on any atom is 0.248 e. The number of hydrogen-bond donors (Lipinski definition) is 5. The quantitative estimate of drug-likeness (QED) is 0.0485. The van der Waals surface area contributed by atoms with E-state index in [4.69, 9.17) is 24.9 Å². The first-order valence-corrected chi connectivity index (χ1v) is 54.0. The molecule has 0 unspecified atom stereocenters. The summed E-state index contributed by atoms with van der Waals surface area (Å²) in [5.41, 5.74) is 2.78. The van der Waals surface area contributed by atoms with Crippen LogP contribution in [-0.2, 0) is 19.1 Å². The molecule has 0 bridgehead atoms. The molecule has 1 saturated carbocycles. The molecule has 5 fully saturated rings. The number of benzene rings is 1. The summed E-state index contributed by atoms with van der Waals surface area (Å²) in [5.74, 6) is 18.8. The van der Waals surface area contributed by atoms with Crippen LogP contribution in [0.5, 0.6) is 0 Å². The molecule has 11 heteroatoms. The molecule has 4 saturated heterocycles. The standard InChI is InChI=1S/C10H14.2C9H20.2C7H15N.2C7H14O.C7H10S.3C7H16.C6H12.C6H14.C5H11NO2.2C5H12O.C5H10O/c1-8(2)10-6-4-5-9(3)7-10;2*1-6-9(7(2)3)8(4)5;5*1-6(2)7-4-3-5-8-7;2*1-5-7(4)6(2)3;1-4-5-6-7(2)3;1-5(2)6-3-4-6;1-5(2)6(3)4;1-4(2)5(7)6(3)8;3*1-4(2)5(3)6/h4-8H,1-3H3;2*7-9H,6H2,1-5H3;2*6-8H,3-5H2,1-2H3;2*6-7H,3-5H2,1-2H3;3-6H,1-2H3;2*6-7H,5H2,1-4H3;7H,4-6H2,1-3H3;5-6H,3-4H2,1-2H3;5-6H,1-4H3;4,8H,1-3H3;2*4-6H,1-3H3;4H,1-3H3/t;;;4*7-;;2*7-;;;;;2*5-;/m...1010.10....10./s1. The second-order valence-electron chi connectivity index (χ2n) is 44.5. The summed E-state index contributed by atoms with van der Waals surface area (Å²) in [6, 6.07) is 14.6. The van der Waals surface area contributed by atoms with Crippen molar-refractivity contribution in [3.63, 3.8) is 0 Å². The number of ketones is 1. The fourth-order valence-corrected chi connectivity index (χ4v) is 13.3. The minimum atomic E-state index is -0.259. The van der Waals surface area contributed by atoms with Crippen molar-refractivity contribution < 1.29 is 34.5 Å². The first-order valence-electron chi connectivity index (χ1n) is 53.1. The van der Waals surface area contributed by atoms with Crippen LogP contribution in [0.25, 0.3) is 0 Å². The summed E-state index contributed by atoms with van der Waals surface area (Å²) in [6.45, 7) is 115. The van der Waals surface area contributed by atoms with Crippen molar-refractivity contribution in [1.29, 1.82) is 0 Å². The largest absolute Gasteiger partial charge is 0.393 e. The lowest BCUT2D eigenvalue weighted by molar-refractivity contribution is -0.162. The van der Waals surface area contributed by atoms with Crippen molar-refractivity contribution in [2.45, 2.75) is 511 Å². The number of thiophene rings is 1. The van der Waals surface area contributed by atoms with Crippen molar-refractivity contribution in [2.75, 3.05) is 33.4 Å². The van der Waals surface area contributed by atoms with Crippen molar-refractivity contribution >= 4 is 23.0 Å². The number of hydrogen-bond acceptors (Lipinski definition) is 10. The molecule has 1 amide bonds. The van der Waals surface area contributed by atoms with Gasteiger partial charge in [0.1, 0.15) is 5.78 Å². The van der Waals surface area contributed by atoms with Crippen molar-refractivity contribution in [3.05, 3.63) is 57.8 Å². The van der Waals surface area contributed by atoms with Gasteiger partial charge in [0.25, 0.3) is 0 Å². The second-order valence-corrected chi connectivity index (χ2v) is 45.4. The number of carbonyl (C=O) groups is 2. The van der Waals surface area contributed by atoms with Gasteiger partial charge in [-0.25, -0.2) is 5.06 Å². The van der Waals surface area contributed by atoms with E-state index < -0.39 is 0 Å². The van der Waals surface area contributed by atoms with Gasteiger partial charge >= 0.3 is 0 Å². The molecular formula is C116H241N3O7S. The van der Waals surface area contributed by atoms with Crippen LogP contribution in [0.15, 0.2) is 41.8 Å². The van der Waals surface area contributed by atoms with Crippen molar-refractivity contribution in [2.24, 2.45) is 136 Å². The number of aliphatic hydroxyl groups excluding tert-OH is 2. The normalized spacial score (nSPS) is 17.0. The van der Waals surface area contributed by atoms with Gasteiger partial charge in [0.2, 0.25) is 5.91 Å². The lowest BCUT2D eigenvalue weighted by Gasteiger charge is -2.22. The molecule has 5 heterocycles. The summed E-state index contributed by atoms with van der Waals surface area (Å²) in [6.07, 6.45) is 23.9. The molecule has 127 heavy (non-hydrogen) atoms. The predicted molar refractivity (Wildman–Crippen MR) is 578 cm³/mol. The Hall–Kier alpha value is -2.22. The molecule has 1 aliphatic carbocycles. The lowest BCUT2D eigenvalue weighted by Crippen LogP contribution is -2.26. The highest BCUT2D eigenvalue weighted by Gasteiger charge is 2.25. The smallest absolute Gasteiger partial charge is 0.248 e. The van der Waals surface area contributed by atoms with Crippen LogP contribution in [0.3, 0.4) is 0 Å². The van der Waals surface area contributed by atoms with E-state index in [9.17, 15) is 9.59 Å². The number of nitrogens with zero attached hydrogens (tertiary/aromatic N) is 1. The van der Waals surface area contributed by atoms with Crippen LogP contribution in [0.2, 0.25) is 0 Å². The van der Waals surface area contributed by atoms with Gasteiger partial charge < -0.3 is 30.3 Å². The Morgan fingerprint density at radius 2 is 0.772 bits per heavy atom. The Morgan fingerprint density at radius 1 is 0.425 bits per heavy atom. The fraction of sp³-hybridized carbons (Fsp3) is 0.897. The zero-order valence-corrected chi connectivity index (χ0v) is 96.9. The molecule has 1 aromatic heterocycles. The molecule has 768 valence electrons. The van der Waals surface area contributed by atoms with E-state index in [0.717, 1.165) is 138 Å². The van der Waals surface area contributed by atoms with Gasteiger partial charge in [-0.15, -0.1) is 11.3 Å². The number of Topliss-reactive ketones (excluding diaryl/α,β-unsaturated/α-hetero) is 1. The maximum absolute atomic E-state index is 10.5. The summed E-state index contributed by atoms with van der Waals surface area (Å²) in [7, 11) is 1.32. The molecule has 5 aliphatic rings. The topological polar surface area (TPSA) is 141 Å². The fourth-order valence-electron chi connectivity index (χ4n) is 12.6. The number of rotatable bonds is 25. The second kappa shape index (κ2) is 92.8. The van der Waals surface area contributed by atoms with Gasteiger partial charge in [0.05, 0.1) is 24.4 Å². The number of nitrogens with one attached hydrogen (secondary N) is 2. The average Bonchev–Trinajstić information content (AvgIpc) is 1.59. The van der Waals surface area contributed by atoms with E-state index in [-0.39, 0.29) is 35.7 Å². The number of ether oxygens (including phenoxy) is 2. The number of carbonyl (C=O) groups excluding carboxylic acids is 2. The number of hydroxylamine groups is 2. The van der Waals surface area contributed by atoms with Crippen LogP contribution in [0, 0.1) is 143 Å². The zero-order valence-electron chi connectivity index (χ0n) is 96.1. The first kappa shape index (κ1) is 145. The highest BCUT2D eigenvalue weighted by Crippen LogP contribution is 2.36. The molecular weight excluding hydrogens is 1580 g/mol. The van der Waals surface area contributed by atoms with E-state index in [0.29, 0.717) is 40.9 Å². The average molecular weight is 1820 g/mol. The highest BCUT2D eigenvalue weighted by molar-refractivity contribution is 7.10. The van der Waals surface area contributed by atoms with Gasteiger partial charge in [-0.3, -0.25) is 14.8 Å². The molecule has 2 aromatic rings. The first-order chi connectivity index (χ1) is 58.5. The summed E-state index contributed by atoms with van der Waals surface area (Å²) >= 11 is 1.83. The number of aliphatic hydroxyl groups is 2. The predicted octanol–water partition coefficient (Wildman–Crippen LogP) is 35.4. The molecule has 10 nitrogen and oxygen atoms in total. The van der Waals surface area contributed by atoms with Gasteiger partial charge in [-0.05, 0) is 258 Å². The molecule has 8 atom stereocenters. The molecule has 1 aromatic carbocycles. The van der Waals surface area contributed by atoms with Gasteiger partial charge in [-0.1, -0.05) is 406 Å². The van der Waals surface area contributed by atoms with E-state index in [1.165, 1.54) is 145 Å². The minimum Gasteiger partial charge on any atom is -0.393 e. The van der Waals surface area contributed by atoms with E-state index in [2.05, 4.69) is 329 Å². The van der Waals surface area contributed by atoms with Gasteiger partial charge in [0, 0.05) is 49.1 Å². The van der Waals surface area contributed by atoms with E-state index >= 15 is 0 Å². The molecule has 5 N–H and O–H groups in total. The number of amides is 1. The Bertz CT molecular complexity index is 2280. The van der Waals surface area contributed by atoms with Gasteiger partial charge in [0.15, 0.2) is 0 Å². The van der Waals surface area contributed by atoms with Crippen LogP contribution in [0.4, 0.5) is 0 Å². The molecule has 4 aliphatic heterocycles. The third-order valence-electron chi connectivity index (χ3n) is 25.6. The zero-order chi connectivity index (χ0) is 102. The van der Waals surface area contributed by atoms with E-state index in [1.807, 2.05) is 52.9 Å². The summed E-state index contributed by atoms with van der Waals surface area (Å²) in [4.78, 5) is 22.1. The van der Waals surface area contributed by atoms with Gasteiger partial charge in [-0.2, -0.15) is 0 Å². The Labute approximate surface area is 806 Å². The summed E-state index contributed by atoms with van der Waals surface area (Å²) < 4.78 is 10.8. The third-order valence-corrected chi connectivity index (χ3v) is 26.7. The molecule has 7 rings (SSSR count). The summed E-state index contributed by atoms with van der Waals surface area (Å²) in [5, 5.41) is 35.4. The van der Waals surface area contributed by atoms with Crippen LogP contribution >= 0.6 is 11.3 Å². The highest BCUT2D eigenvalue weighted by atomic mass is 32.1. The van der Waals surface area contributed by atoms with E-state index in [1.54, 1.807) is 34.6 Å². The Morgan fingerprint density at radius 3 is 0.858 bits per heavy atom. The Balaban J connectivity index is -0.000000143. The number of aryl methyl sites for hydroxylation is 1. The molecule has 0 spiro atoms. The van der Waals surface area contributed by atoms with Crippen LogP contribution in [0.1, 0.15) is 483 Å². The lowest BCUT2D eigenvalue weighted by atomic mass is 9.84. The number of unbranched alkanes of at least 4 members (excludes halogenated alkanes) is 1.